The van der Waals surface area contributed by atoms with Crippen LogP contribution in [0.4, 0.5) is 18.9 Å². The summed E-state index contributed by atoms with van der Waals surface area (Å²) in [5, 5.41) is 3.12. The van der Waals surface area contributed by atoms with E-state index in [0.717, 1.165) is 17.8 Å². The van der Waals surface area contributed by atoms with Gasteiger partial charge in [0.25, 0.3) is 0 Å². The molecule has 0 aliphatic carbocycles. The second-order valence-electron chi connectivity index (χ2n) is 5.48. The first-order chi connectivity index (χ1) is 7.69. The normalized spacial score (nSPS) is 15.6. The Morgan fingerprint density at radius 1 is 1.06 bits per heavy atom. The van der Waals surface area contributed by atoms with Gasteiger partial charge < -0.3 is 5.32 Å². The summed E-state index contributed by atoms with van der Waals surface area (Å²) in [5.74, 6) is 0. The molecule has 0 amide bonds. The van der Waals surface area contributed by atoms with Gasteiger partial charge in [-0.3, -0.25) is 0 Å². The quantitative estimate of drug-likeness (QED) is 0.727. The standard InChI is InChI=1S/C13H16F3N/c1-12(2,3)9-7-11-8(4-5-17-11)6-10(9)13(14,15)16/h6-7,17H,4-5H2,1-3H3. The van der Waals surface area contributed by atoms with E-state index in [0.29, 0.717) is 12.0 Å². The van der Waals surface area contributed by atoms with Crippen molar-refractivity contribution in [3.8, 4) is 0 Å². The largest absolute Gasteiger partial charge is 0.416 e. The van der Waals surface area contributed by atoms with Crippen LogP contribution < -0.4 is 5.32 Å². The van der Waals surface area contributed by atoms with Crippen LogP contribution in [-0.2, 0) is 18.0 Å². The van der Waals surface area contributed by atoms with Gasteiger partial charge in [-0.15, -0.1) is 0 Å². The lowest BCUT2D eigenvalue weighted by atomic mass is 9.82. The lowest BCUT2D eigenvalue weighted by molar-refractivity contribution is -0.138. The molecule has 0 fully saturated rings. The first-order valence-corrected chi connectivity index (χ1v) is 5.68. The summed E-state index contributed by atoms with van der Waals surface area (Å²) >= 11 is 0. The molecule has 0 spiro atoms. The zero-order chi connectivity index (χ0) is 12.8. The van der Waals surface area contributed by atoms with Crippen LogP contribution in [0.25, 0.3) is 0 Å². The van der Waals surface area contributed by atoms with Gasteiger partial charge in [0.1, 0.15) is 0 Å². The molecule has 1 aliphatic rings. The summed E-state index contributed by atoms with van der Waals surface area (Å²) in [6.07, 6.45) is -3.61. The second-order valence-corrected chi connectivity index (χ2v) is 5.48. The third kappa shape index (κ3) is 2.26. The van der Waals surface area contributed by atoms with E-state index in [-0.39, 0.29) is 0 Å². The number of fused-ring (bicyclic) bond motifs is 1. The predicted molar refractivity (Wildman–Crippen MR) is 62.3 cm³/mol. The van der Waals surface area contributed by atoms with Gasteiger partial charge in [0.15, 0.2) is 0 Å². The highest BCUT2D eigenvalue weighted by Crippen LogP contribution is 2.41. The second kappa shape index (κ2) is 3.65. The molecule has 2 rings (SSSR count). The molecular weight excluding hydrogens is 227 g/mol. The fourth-order valence-corrected chi connectivity index (χ4v) is 2.20. The van der Waals surface area contributed by atoms with Gasteiger partial charge in [-0.25, -0.2) is 0 Å². The van der Waals surface area contributed by atoms with Crippen LogP contribution in [-0.4, -0.2) is 6.54 Å². The molecule has 0 radical (unpaired) electrons. The number of hydrogen-bond donors (Lipinski definition) is 1. The van der Waals surface area contributed by atoms with Gasteiger partial charge in [0.05, 0.1) is 5.56 Å². The van der Waals surface area contributed by atoms with Crippen LogP contribution in [0.2, 0.25) is 0 Å². The van der Waals surface area contributed by atoms with Crippen LogP contribution >= 0.6 is 0 Å². The molecule has 1 N–H and O–H groups in total. The van der Waals surface area contributed by atoms with Crippen molar-refractivity contribution in [3.05, 3.63) is 28.8 Å². The molecule has 1 aromatic rings. The Balaban J connectivity index is 2.64. The maximum Gasteiger partial charge on any atom is 0.416 e. The zero-order valence-electron chi connectivity index (χ0n) is 10.2. The molecular formula is C13H16F3N. The number of hydrogen-bond acceptors (Lipinski definition) is 1. The van der Waals surface area contributed by atoms with Crippen molar-refractivity contribution in [2.75, 3.05) is 11.9 Å². The van der Waals surface area contributed by atoms with Gasteiger partial charge in [-0.05, 0) is 35.1 Å². The molecule has 0 aromatic heterocycles. The monoisotopic (exact) mass is 243 g/mol. The van der Waals surface area contributed by atoms with E-state index in [9.17, 15) is 13.2 Å². The highest BCUT2D eigenvalue weighted by molar-refractivity contribution is 5.60. The van der Waals surface area contributed by atoms with Gasteiger partial charge in [0.2, 0.25) is 0 Å². The van der Waals surface area contributed by atoms with Crippen LogP contribution in [0, 0.1) is 0 Å². The Labute approximate surface area is 99.0 Å². The van der Waals surface area contributed by atoms with Gasteiger partial charge in [-0.1, -0.05) is 20.8 Å². The molecule has 0 bridgehead atoms. The number of nitrogens with one attached hydrogen (secondary N) is 1. The molecule has 1 aliphatic heterocycles. The van der Waals surface area contributed by atoms with Crippen molar-refractivity contribution in [2.45, 2.75) is 38.8 Å². The number of rotatable bonds is 0. The van der Waals surface area contributed by atoms with E-state index in [1.54, 1.807) is 26.8 Å². The van der Waals surface area contributed by atoms with Crippen LogP contribution in [0.5, 0.6) is 0 Å². The third-order valence-electron chi connectivity index (χ3n) is 3.07. The van der Waals surface area contributed by atoms with E-state index >= 15 is 0 Å². The summed E-state index contributed by atoms with van der Waals surface area (Å²) in [5.41, 5.74) is 0.975. The maximum absolute atomic E-state index is 13.0. The number of halogens is 3. The molecule has 0 atom stereocenters. The van der Waals surface area contributed by atoms with E-state index in [1.165, 1.54) is 6.07 Å². The average Bonchev–Trinajstić information content (AvgIpc) is 2.59. The molecule has 1 aromatic carbocycles. The zero-order valence-corrected chi connectivity index (χ0v) is 10.2. The number of alkyl halides is 3. The lowest BCUT2D eigenvalue weighted by Gasteiger charge is -2.25. The maximum atomic E-state index is 13.0. The van der Waals surface area contributed by atoms with Crippen molar-refractivity contribution >= 4 is 5.69 Å². The van der Waals surface area contributed by atoms with Crippen LogP contribution in [0.3, 0.4) is 0 Å². The topological polar surface area (TPSA) is 12.0 Å². The van der Waals surface area contributed by atoms with Gasteiger partial charge in [-0.2, -0.15) is 13.2 Å². The first-order valence-electron chi connectivity index (χ1n) is 5.68. The van der Waals surface area contributed by atoms with Crippen LogP contribution in [0.15, 0.2) is 12.1 Å². The molecule has 17 heavy (non-hydrogen) atoms. The molecule has 4 heteroatoms. The summed E-state index contributed by atoms with van der Waals surface area (Å²) in [6.45, 7) is 6.14. The van der Waals surface area contributed by atoms with Crippen molar-refractivity contribution in [1.29, 1.82) is 0 Å². The van der Waals surface area contributed by atoms with E-state index in [2.05, 4.69) is 5.32 Å². The highest BCUT2D eigenvalue weighted by atomic mass is 19.4. The minimum Gasteiger partial charge on any atom is -0.384 e. The molecule has 1 heterocycles. The van der Waals surface area contributed by atoms with E-state index < -0.39 is 17.2 Å². The van der Waals surface area contributed by atoms with E-state index in [1.807, 2.05) is 0 Å². The smallest absolute Gasteiger partial charge is 0.384 e. The van der Waals surface area contributed by atoms with Gasteiger partial charge in [0, 0.05) is 12.2 Å². The summed E-state index contributed by atoms with van der Waals surface area (Å²) < 4.78 is 39.1. The number of anilines is 1. The Hall–Kier alpha value is -1.19. The molecule has 0 saturated carbocycles. The molecule has 0 unspecified atom stereocenters. The third-order valence-corrected chi connectivity index (χ3v) is 3.07. The van der Waals surface area contributed by atoms with Gasteiger partial charge >= 0.3 is 6.18 Å². The predicted octanol–water partition coefficient (Wildman–Crippen LogP) is 3.97. The first kappa shape index (κ1) is 12.3. The lowest BCUT2D eigenvalue weighted by Crippen LogP contribution is -2.20. The minimum absolute atomic E-state index is 0.359. The Morgan fingerprint density at radius 2 is 1.71 bits per heavy atom. The summed E-state index contributed by atoms with van der Waals surface area (Å²) in [6, 6.07) is 2.96. The Kier molecular flexibility index (Phi) is 2.64. The highest BCUT2D eigenvalue weighted by Gasteiger charge is 2.37. The Morgan fingerprint density at radius 3 is 2.24 bits per heavy atom. The molecule has 94 valence electrons. The van der Waals surface area contributed by atoms with Crippen molar-refractivity contribution in [2.24, 2.45) is 0 Å². The Bertz CT molecular complexity index is 400. The van der Waals surface area contributed by atoms with Crippen molar-refractivity contribution in [1.82, 2.24) is 0 Å². The van der Waals surface area contributed by atoms with E-state index in [4.69, 9.17) is 0 Å². The minimum atomic E-state index is -4.28. The SMILES string of the molecule is CC(C)(C)c1cc2c(cc1C(F)(F)F)CCN2. The average molecular weight is 243 g/mol. The van der Waals surface area contributed by atoms with Crippen molar-refractivity contribution < 1.29 is 13.2 Å². The molecule has 0 saturated heterocycles. The fourth-order valence-electron chi connectivity index (χ4n) is 2.20. The summed E-state index contributed by atoms with van der Waals surface area (Å²) in [4.78, 5) is 0. The molecule has 1 nitrogen and oxygen atoms in total. The van der Waals surface area contributed by atoms with Crippen molar-refractivity contribution in [3.63, 3.8) is 0 Å². The number of benzene rings is 1. The fraction of sp³-hybridized carbons (Fsp3) is 0.538. The summed E-state index contributed by atoms with van der Waals surface area (Å²) in [7, 11) is 0. The van der Waals surface area contributed by atoms with Crippen LogP contribution in [0.1, 0.15) is 37.5 Å².